The summed E-state index contributed by atoms with van der Waals surface area (Å²) in [5.74, 6) is -0.219. The highest BCUT2D eigenvalue weighted by molar-refractivity contribution is 6.01. The molecule has 9 nitrogen and oxygen atoms in total. The van der Waals surface area contributed by atoms with Crippen molar-refractivity contribution < 1.29 is 4.79 Å². The average Bonchev–Trinajstić information content (AvgIpc) is 3.14. The molecule has 9 heteroatoms. The number of hydrogen-bond acceptors (Lipinski definition) is 6. The van der Waals surface area contributed by atoms with Crippen molar-refractivity contribution in [2.45, 2.75) is 6.92 Å². The molecule has 100 valence electrons. The molecular weight excluding hydrogens is 260 g/mol. The average molecular weight is 270 g/mol. The molecule has 0 unspecified atom stereocenters. The quantitative estimate of drug-likeness (QED) is 0.709. The molecule has 1 aromatic carbocycles. The minimum atomic E-state index is -0.367. The van der Waals surface area contributed by atoms with Crippen molar-refractivity contribution in [3.05, 3.63) is 42.2 Å². The number of aryl methyl sites for hydroxylation is 1. The molecule has 3 aromatic rings. The van der Waals surface area contributed by atoms with Gasteiger partial charge in [0.2, 0.25) is 5.82 Å². The Morgan fingerprint density at radius 2 is 2.30 bits per heavy atom. The second-order valence-corrected chi connectivity index (χ2v) is 4.04. The van der Waals surface area contributed by atoms with Gasteiger partial charge in [-0.25, -0.2) is 9.67 Å². The Morgan fingerprint density at radius 3 is 3.00 bits per heavy atom. The summed E-state index contributed by atoms with van der Waals surface area (Å²) in [7, 11) is 0. The molecule has 20 heavy (non-hydrogen) atoms. The minimum Gasteiger partial charge on any atom is -0.319 e. The molecule has 2 N–H and O–H groups in total. The van der Waals surface area contributed by atoms with E-state index in [2.05, 4.69) is 36.0 Å². The van der Waals surface area contributed by atoms with Crippen LogP contribution in [0.5, 0.6) is 0 Å². The van der Waals surface area contributed by atoms with Crippen LogP contribution in [0.3, 0.4) is 0 Å². The molecule has 1 amide bonds. The Morgan fingerprint density at radius 1 is 1.40 bits per heavy atom. The Kier molecular flexibility index (Phi) is 2.92. The number of hydrogen-bond donors (Lipinski definition) is 2. The van der Waals surface area contributed by atoms with Crippen LogP contribution in [0.25, 0.3) is 5.69 Å². The fourth-order valence-electron chi connectivity index (χ4n) is 1.71. The number of nitrogens with zero attached hydrogens (tertiary/aromatic N) is 6. The highest BCUT2D eigenvalue weighted by atomic mass is 16.2. The van der Waals surface area contributed by atoms with Crippen LogP contribution < -0.4 is 5.32 Å². The Balaban J connectivity index is 1.88. The molecule has 0 aliphatic carbocycles. The number of rotatable bonds is 3. The number of amides is 1. The predicted molar refractivity (Wildman–Crippen MR) is 68.2 cm³/mol. The van der Waals surface area contributed by atoms with Crippen molar-refractivity contribution in [3.8, 4) is 5.69 Å². The summed E-state index contributed by atoms with van der Waals surface area (Å²) in [6.45, 7) is 1.93. The molecule has 2 heterocycles. The van der Waals surface area contributed by atoms with Gasteiger partial charge in [-0.15, -0.1) is 5.10 Å². The van der Waals surface area contributed by atoms with E-state index in [-0.39, 0.29) is 11.7 Å². The molecule has 0 saturated carbocycles. The summed E-state index contributed by atoms with van der Waals surface area (Å²) < 4.78 is 1.53. The van der Waals surface area contributed by atoms with E-state index >= 15 is 0 Å². The number of carbonyl (C=O) groups is 1. The van der Waals surface area contributed by atoms with Crippen molar-refractivity contribution >= 4 is 11.6 Å². The van der Waals surface area contributed by atoms with Crippen LogP contribution >= 0.6 is 0 Å². The van der Waals surface area contributed by atoms with Gasteiger partial charge in [-0.3, -0.25) is 9.89 Å². The van der Waals surface area contributed by atoms with E-state index in [0.29, 0.717) is 5.69 Å². The molecule has 0 spiro atoms. The fraction of sp³-hybridized carbons (Fsp3) is 0.0909. The Bertz CT molecular complexity index is 719. The summed E-state index contributed by atoms with van der Waals surface area (Å²) in [6, 6.07) is 5.43. The third-order valence-electron chi connectivity index (χ3n) is 2.69. The predicted octanol–water partition coefficient (Wildman–Crippen LogP) is 0.341. The zero-order valence-electron chi connectivity index (χ0n) is 10.5. The first kappa shape index (κ1) is 12.0. The van der Waals surface area contributed by atoms with E-state index in [1.165, 1.54) is 17.3 Å². The lowest BCUT2D eigenvalue weighted by molar-refractivity contribution is 0.101. The number of aromatic nitrogens is 7. The summed E-state index contributed by atoms with van der Waals surface area (Å²) in [4.78, 5) is 15.7. The highest BCUT2D eigenvalue weighted by Gasteiger charge is 2.10. The van der Waals surface area contributed by atoms with Crippen LogP contribution in [-0.4, -0.2) is 41.3 Å². The van der Waals surface area contributed by atoms with Crippen molar-refractivity contribution in [1.29, 1.82) is 0 Å². The number of aromatic amines is 1. The van der Waals surface area contributed by atoms with Crippen molar-refractivity contribution in [2.75, 3.05) is 5.32 Å². The van der Waals surface area contributed by atoms with Crippen LogP contribution in [0.2, 0.25) is 0 Å². The normalized spacial score (nSPS) is 10.4. The molecule has 2 aromatic heterocycles. The summed E-state index contributed by atoms with van der Waals surface area (Å²) in [5, 5.41) is 19.9. The Labute approximate surface area is 113 Å². The molecule has 0 atom stereocenters. The van der Waals surface area contributed by atoms with Crippen molar-refractivity contribution in [2.24, 2.45) is 0 Å². The molecule has 0 radical (unpaired) electrons. The van der Waals surface area contributed by atoms with Crippen molar-refractivity contribution in [1.82, 2.24) is 35.4 Å². The van der Waals surface area contributed by atoms with E-state index in [4.69, 9.17) is 0 Å². The van der Waals surface area contributed by atoms with Crippen LogP contribution in [0.1, 0.15) is 16.2 Å². The van der Waals surface area contributed by atoms with Crippen LogP contribution in [-0.2, 0) is 0 Å². The van der Waals surface area contributed by atoms with Crippen LogP contribution in [0.15, 0.2) is 30.9 Å². The van der Waals surface area contributed by atoms with E-state index in [0.717, 1.165) is 11.3 Å². The van der Waals surface area contributed by atoms with Crippen molar-refractivity contribution in [3.63, 3.8) is 0 Å². The lowest BCUT2D eigenvalue weighted by Gasteiger charge is -2.08. The highest BCUT2D eigenvalue weighted by Crippen LogP contribution is 2.18. The molecule has 0 fully saturated rings. The van der Waals surface area contributed by atoms with Crippen LogP contribution in [0.4, 0.5) is 5.69 Å². The first-order valence-electron chi connectivity index (χ1n) is 5.75. The van der Waals surface area contributed by atoms with Gasteiger partial charge in [0.05, 0.1) is 5.69 Å². The minimum absolute atomic E-state index is 0.148. The topological polar surface area (TPSA) is 114 Å². The second-order valence-electron chi connectivity index (χ2n) is 4.04. The van der Waals surface area contributed by atoms with Crippen LogP contribution in [0, 0.1) is 6.92 Å². The smallest absolute Gasteiger partial charge is 0.292 e. The van der Waals surface area contributed by atoms with E-state index in [1.807, 2.05) is 13.0 Å². The molecular formula is C11H10N8O. The maximum absolute atomic E-state index is 11.9. The molecule has 0 bridgehead atoms. The summed E-state index contributed by atoms with van der Waals surface area (Å²) in [6.07, 6.45) is 2.76. The Hall–Kier alpha value is -3.10. The summed E-state index contributed by atoms with van der Waals surface area (Å²) in [5.41, 5.74) is 2.38. The zero-order valence-corrected chi connectivity index (χ0v) is 10.5. The van der Waals surface area contributed by atoms with E-state index < -0.39 is 0 Å². The van der Waals surface area contributed by atoms with Gasteiger partial charge in [-0.2, -0.15) is 5.10 Å². The lowest BCUT2D eigenvalue weighted by Crippen LogP contribution is -2.14. The van der Waals surface area contributed by atoms with Gasteiger partial charge in [0, 0.05) is 5.69 Å². The van der Waals surface area contributed by atoms with Gasteiger partial charge >= 0.3 is 0 Å². The number of anilines is 1. The molecule has 0 aliphatic heterocycles. The largest absolute Gasteiger partial charge is 0.319 e. The van der Waals surface area contributed by atoms with E-state index in [9.17, 15) is 4.79 Å². The molecule has 0 aliphatic rings. The van der Waals surface area contributed by atoms with Gasteiger partial charge in [-0.05, 0) is 35.0 Å². The molecule has 3 rings (SSSR count). The lowest BCUT2D eigenvalue weighted by atomic mass is 10.2. The first-order chi connectivity index (χ1) is 9.74. The molecule has 0 saturated heterocycles. The van der Waals surface area contributed by atoms with Gasteiger partial charge in [0.1, 0.15) is 12.7 Å². The SMILES string of the molecule is Cc1ccc(NC(=O)c2ncn[nH]2)cc1-n1cnnn1. The zero-order chi connectivity index (χ0) is 13.9. The standard InChI is InChI=1S/C11H10N8O/c1-7-2-3-8(4-9(7)19-6-14-17-18-19)15-11(20)10-12-5-13-16-10/h2-6H,1H3,(H,15,20)(H,12,13,16). The second kappa shape index (κ2) is 4.88. The number of benzene rings is 1. The number of tetrazole rings is 1. The first-order valence-corrected chi connectivity index (χ1v) is 5.75. The monoisotopic (exact) mass is 270 g/mol. The van der Waals surface area contributed by atoms with Gasteiger partial charge in [-0.1, -0.05) is 6.07 Å². The number of nitrogens with one attached hydrogen (secondary N) is 2. The number of carbonyl (C=O) groups excluding carboxylic acids is 1. The van der Waals surface area contributed by atoms with Gasteiger partial charge in [0.15, 0.2) is 0 Å². The van der Waals surface area contributed by atoms with Gasteiger partial charge in [0.25, 0.3) is 5.91 Å². The van der Waals surface area contributed by atoms with Gasteiger partial charge < -0.3 is 5.32 Å². The summed E-state index contributed by atoms with van der Waals surface area (Å²) >= 11 is 0. The van der Waals surface area contributed by atoms with E-state index in [1.54, 1.807) is 12.1 Å². The number of H-pyrrole nitrogens is 1. The maximum Gasteiger partial charge on any atom is 0.292 e. The fourth-order valence-corrected chi connectivity index (χ4v) is 1.71. The third-order valence-corrected chi connectivity index (χ3v) is 2.69. The maximum atomic E-state index is 11.9. The third kappa shape index (κ3) is 2.23.